The van der Waals surface area contributed by atoms with Crippen molar-refractivity contribution in [2.75, 3.05) is 41.8 Å². The van der Waals surface area contributed by atoms with E-state index in [1.165, 1.54) is 6.92 Å². The summed E-state index contributed by atoms with van der Waals surface area (Å²) in [6.07, 6.45) is 0. The Bertz CT molecular complexity index is 1110. The zero-order valence-corrected chi connectivity index (χ0v) is 18.1. The van der Waals surface area contributed by atoms with Gasteiger partial charge in [-0.3, -0.25) is 9.59 Å². The summed E-state index contributed by atoms with van der Waals surface area (Å²) in [5, 5.41) is 6.16. The molecule has 0 aliphatic carbocycles. The van der Waals surface area contributed by atoms with Crippen molar-refractivity contribution in [2.24, 2.45) is 0 Å². The summed E-state index contributed by atoms with van der Waals surface area (Å²) in [6.45, 7) is 6.33. The number of Topliss-reactive ketones (excluding diaryl/α,β-unsaturated/α-hetero) is 1. The van der Waals surface area contributed by atoms with E-state index in [1.807, 2.05) is 37.3 Å². The van der Waals surface area contributed by atoms with Gasteiger partial charge in [-0.25, -0.2) is 4.98 Å². The second-order valence-electron chi connectivity index (χ2n) is 7.58. The van der Waals surface area contributed by atoms with Crippen LogP contribution in [0.15, 0.2) is 54.6 Å². The lowest BCUT2D eigenvalue weighted by Gasteiger charge is -2.27. The third kappa shape index (κ3) is 5.28. The van der Waals surface area contributed by atoms with Gasteiger partial charge in [-0.15, -0.1) is 0 Å². The molecule has 164 valence electrons. The number of anilines is 4. The van der Waals surface area contributed by atoms with E-state index in [4.69, 9.17) is 4.74 Å². The van der Waals surface area contributed by atoms with Gasteiger partial charge in [0.2, 0.25) is 5.95 Å². The Balaban J connectivity index is 1.41. The monoisotopic (exact) mass is 431 g/mol. The minimum absolute atomic E-state index is 0.0315. The standard InChI is InChI=1S/C24H25N5O3/c1-16-15-22(28-24(25-16)29-11-13-32-14-12-29)26-20-7-9-21(10-8-20)27-23(31)19-5-3-18(4-6-19)17(2)30/h3-10,15H,11-14H2,1-2H3,(H,27,31)(H,25,26,28). The molecule has 1 fully saturated rings. The summed E-state index contributed by atoms with van der Waals surface area (Å²) in [5.41, 5.74) is 3.46. The number of ketones is 1. The zero-order valence-electron chi connectivity index (χ0n) is 18.1. The molecule has 0 spiro atoms. The average molecular weight is 431 g/mol. The highest BCUT2D eigenvalue weighted by molar-refractivity contribution is 6.05. The van der Waals surface area contributed by atoms with E-state index >= 15 is 0 Å². The molecule has 8 heteroatoms. The fourth-order valence-corrected chi connectivity index (χ4v) is 3.37. The van der Waals surface area contributed by atoms with Crippen molar-refractivity contribution in [1.82, 2.24) is 9.97 Å². The number of carbonyl (C=O) groups excluding carboxylic acids is 2. The van der Waals surface area contributed by atoms with Crippen LogP contribution >= 0.6 is 0 Å². The van der Waals surface area contributed by atoms with Crippen LogP contribution in [-0.4, -0.2) is 48.0 Å². The van der Waals surface area contributed by atoms with Crippen LogP contribution in [-0.2, 0) is 4.74 Å². The quantitative estimate of drug-likeness (QED) is 0.573. The number of benzene rings is 2. The van der Waals surface area contributed by atoms with Gasteiger partial charge in [0.05, 0.1) is 13.2 Å². The molecule has 1 aliphatic rings. The summed E-state index contributed by atoms with van der Waals surface area (Å²) in [4.78, 5) is 35.1. The molecular formula is C24H25N5O3. The first kappa shape index (κ1) is 21.5. The average Bonchev–Trinajstić information content (AvgIpc) is 2.80. The van der Waals surface area contributed by atoms with Gasteiger partial charge in [-0.05, 0) is 50.2 Å². The fraction of sp³-hybridized carbons (Fsp3) is 0.250. The second kappa shape index (κ2) is 9.57. The molecule has 1 aliphatic heterocycles. The minimum atomic E-state index is -0.234. The fourth-order valence-electron chi connectivity index (χ4n) is 3.37. The van der Waals surface area contributed by atoms with Crippen LogP contribution in [0.3, 0.4) is 0 Å². The molecule has 0 saturated carbocycles. The van der Waals surface area contributed by atoms with E-state index in [2.05, 4.69) is 25.5 Å². The van der Waals surface area contributed by atoms with Crippen LogP contribution < -0.4 is 15.5 Å². The first-order chi connectivity index (χ1) is 15.5. The number of nitrogens with one attached hydrogen (secondary N) is 2. The number of carbonyl (C=O) groups is 2. The van der Waals surface area contributed by atoms with Gasteiger partial charge in [0.1, 0.15) is 5.82 Å². The van der Waals surface area contributed by atoms with Crippen LogP contribution in [0, 0.1) is 6.92 Å². The second-order valence-corrected chi connectivity index (χ2v) is 7.58. The molecule has 4 rings (SSSR count). The van der Waals surface area contributed by atoms with Gasteiger partial charge in [0.25, 0.3) is 5.91 Å². The van der Waals surface area contributed by atoms with Crippen LogP contribution in [0.4, 0.5) is 23.1 Å². The summed E-state index contributed by atoms with van der Waals surface area (Å²) in [5.74, 6) is 1.13. The van der Waals surface area contributed by atoms with E-state index < -0.39 is 0 Å². The van der Waals surface area contributed by atoms with Crippen LogP contribution in [0.2, 0.25) is 0 Å². The molecule has 0 radical (unpaired) electrons. The normalized spacial score (nSPS) is 13.5. The molecule has 1 aromatic heterocycles. The Morgan fingerprint density at radius 2 is 1.53 bits per heavy atom. The predicted molar refractivity (Wildman–Crippen MR) is 124 cm³/mol. The maximum absolute atomic E-state index is 12.5. The number of nitrogens with zero attached hydrogens (tertiary/aromatic N) is 3. The summed E-state index contributed by atoms with van der Waals surface area (Å²) >= 11 is 0. The van der Waals surface area contributed by atoms with E-state index in [-0.39, 0.29) is 11.7 Å². The first-order valence-corrected chi connectivity index (χ1v) is 10.5. The SMILES string of the molecule is CC(=O)c1ccc(C(=O)Nc2ccc(Nc3cc(C)nc(N4CCOCC4)n3)cc2)cc1. The lowest BCUT2D eigenvalue weighted by Crippen LogP contribution is -2.37. The minimum Gasteiger partial charge on any atom is -0.378 e. The molecule has 2 N–H and O–H groups in total. The summed E-state index contributed by atoms with van der Waals surface area (Å²) in [7, 11) is 0. The van der Waals surface area contributed by atoms with Crippen LogP contribution in [0.1, 0.15) is 33.3 Å². The smallest absolute Gasteiger partial charge is 0.255 e. The van der Waals surface area contributed by atoms with Crippen molar-refractivity contribution in [3.8, 4) is 0 Å². The number of aromatic nitrogens is 2. The number of aryl methyl sites for hydroxylation is 1. The molecular weight excluding hydrogens is 406 g/mol. The first-order valence-electron chi connectivity index (χ1n) is 10.5. The third-order valence-electron chi connectivity index (χ3n) is 5.11. The van der Waals surface area contributed by atoms with Crippen molar-refractivity contribution in [1.29, 1.82) is 0 Å². The number of amides is 1. The van der Waals surface area contributed by atoms with Gasteiger partial charge < -0.3 is 20.3 Å². The highest BCUT2D eigenvalue weighted by Crippen LogP contribution is 2.21. The Morgan fingerprint density at radius 3 is 2.19 bits per heavy atom. The number of hydrogen-bond donors (Lipinski definition) is 2. The molecule has 8 nitrogen and oxygen atoms in total. The maximum Gasteiger partial charge on any atom is 0.255 e. The Morgan fingerprint density at radius 1 is 0.906 bits per heavy atom. The Hall–Kier alpha value is -3.78. The zero-order chi connectivity index (χ0) is 22.5. The van der Waals surface area contributed by atoms with Crippen molar-refractivity contribution in [3.05, 3.63) is 71.4 Å². The van der Waals surface area contributed by atoms with Gasteiger partial charge >= 0.3 is 0 Å². The Labute approximate surface area is 186 Å². The molecule has 32 heavy (non-hydrogen) atoms. The molecule has 0 unspecified atom stereocenters. The maximum atomic E-state index is 12.5. The lowest BCUT2D eigenvalue weighted by atomic mass is 10.1. The van der Waals surface area contributed by atoms with Crippen molar-refractivity contribution in [3.63, 3.8) is 0 Å². The summed E-state index contributed by atoms with van der Waals surface area (Å²) < 4.78 is 5.40. The molecule has 2 aromatic carbocycles. The van der Waals surface area contributed by atoms with Crippen LogP contribution in [0.5, 0.6) is 0 Å². The topological polar surface area (TPSA) is 96.5 Å². The predicted octanol–water partition coefficient (Wildman–Crippen LogP) is 3.82. The van der Waals surface area contributed by atoms with Crippen molar-refractivity contribution >= 4 is 34.8 Å². The Kier molecular flexibility index (Phi) is 6.42. The highest BCUT2D eigenvalue weighted by Gasteiger charge is 2.15. The molecule has 3 aromatic rings. The molecule has 1 amide bonds. The lowest BCUT2D eigenvalue weighted by molar-refractivity contribution is 0.101. The molecule has 0 bridgehead atoms. The van der Waals surface area contributed by atoms with Gasteiger partial charge in [0, 0.05) is 47.4 Å². The van der Waals surface area contributed by atoms with Crippen molar-refractivity contribution < 1.29 is 14.3 Å². The van der Waals surface area contributed by atoms with E-state index in [9.17, 15) is 9.59 Å². The number of hydrogen-bond acceptors (Lipinski definition) is 7. The highest BCUT2D eigenvalue weighted by atomic mass is 16.5. The summed E-state index contributed by atoms with van der Waals surface area (Å²) in [6, 6.07) is 15.9. The van der Waals surface area contributed by atoms with Gasteiger partial charge in [-0.1, -0.05) is 12.1 Å². The van der Waals surface area contributed by atoms with Gasteiger partial charge in [0.15, 0.2) is 5.78 Å². The largest absolute Gasteiger partial charge is 0.378 e. The van der Waals surface area contributed by atoms with E-state index in [0.717, 1.165) is 24.5 Å². The third-order valence-corrected chi connectivity index (χ3v) is 5.11. The van der Waals surface area contributed by atoms with Gasteiger partial charge in [-0.2, -0.15) is 4.98 Å². The number of morpholine rings is 1. The number of rotatable bonds is 6. The van der Waals surface area contributed by atoms with Crippen molar-refractivity contribution in [2.45, 2.75) is 13.8 Å². The van der Waals surface area contributed by atoms with Crippen LogP contribution in [0.25, 0.3) is 0 Å². The molecule has 1 saturated heterocycles. The van der Waals surface area contributed by atoms with E-state index in [1.54, 1.807) is 24.3 Å². The molecule has 0 atom stereocenters. The number of ether oxygens (including phenoxy) is 1. The molecule has 2 heterocycles. The van der Waals surface area contributed by atoms with E-state index in [0.29, 0.717) is 41.8 Å².